The molecule has 0 radical (unpaired) electrons. The van der Waals surface area contributed by atoms with Gasteiger partial charge in [0.2, 0.25) is 0 Å². The summed E-state index contributed by atoms with van der Waals surface area (Å²) >= 11 is 0. The summed E-state index contributed by atoms with van der Waals surface area (Å²) in [5.41, 5.74) is 0. The van der Waals surface area contributed by atoms with Gasteiger partial charge in [0.1, 0.15) is 5.78 Å². The highest BCUT2D eigenvalue weighted by Crippen LogP contribution is 2.29. The third-order valence-corrected chi connectivity index (χ3v) is 3.20. The van der Waals surface area contributed by atoms with Crippen LogP contribution in [-0.4, -0.2) is 70.1 Å². The van der Waals surface area contributed by atoms with Crippen LogP contribution < -0.4 is 0 Å². The number of Topliss-reactive ketones (excluding diaryl/α,β-unsaturated/α-hetero) is 1. The monoisotopic (exact) mass is 228 g/mol. The first-order valence-corrected chi connectivity index (χ1v) is 6.23. The highest BCUT2D eigenvalue weighted by Gasteiger charge is 2.39. The molecule has 3 nitrogen and oxygen atoms in total. The molecule has 0 unspecified atom stereocenters. The Morgan fingerprint density at radius 3 is 1.44 bits per heavy atom. The maximum Gasteiger partial charge on any atom is 0.150 e. The predicted molar refractivity (Wildman–Crippen MR) is 67.0 cm³/mol. The van der Waals surface area contributed by atoms with Crippen LogP contribution in [0.25, 0.3) is 0 Å². The van der Waals surface area contributed by atoms with Crippen LogP contribution in [0.3, 0.4) is 0 Å². The fraction of sp³-hybridized carbons (Fsp3) is 0.923. The summed E-state index contributed by atoms with van der Waals surface area (Å²) in [5.74, 6) is 1.12. The molecular weight excluding hydrogens is 200 g/mol. The summed E-state index contributed by atoms with van der Waals surface area (Å²) in [5, 5.41) is 0. The number of quaternary nitrogens is 2. The highest BCUT2D eigenvalue weighted by molar-refractivity contribution is 5.85. The second-order valence-electron chi connectivity index (χ2n) is 7.32. The number of carbonyl (C=O) groups excluding carboxylic acids is 1. The molecule has 0 N–H and O–H groups in total. The first kappa shape index (κ1) is 13.7. The molecule has 1 aliphatic carbocycles. The molecule has 0 heterocycles. The minimum Gasteiger partial charge on any atom is -0.330 e. The molecule has 0 spiro atoms. The van der Waals surface area contributed by atoms with Gasteiger partial charge in [0.05, 0.1) is 67.2 Å². The standard InChI is InChI=1S/C13H28N2O/c1-14(2,3)9-11-7-8-12(13(11)16)10-15(4,5)6/h11-12H,7-10H2,1-6H3/q+2/t11-,12-/m0/s1. The average Bonchev–Trinajstić information content (AvgIpc) is 2.30. The lowest BCUT2D eigenvalue weighted by atomic mass is 10.0. The molecule has 0 aliphatic heterocycles. The van der Waals surface area contributed by atoms with Gasteiger partial charge in [-0.15, -0.1) is 0 Å². The lowest BCUT2D eigenvalue weighted by molar-refractivity contribution is -0.873. The topological polar surface area (TPSA) is 17.1 Å². The molecular formula is C13H28N2O+2. The van der Waals surface area contributed by atoms with Gasteiger partial charge in [0.25, 0.3) is 0 Å². The summed E-state index contributed by atoms with van der Waals surface area (Å²) in [6.45, 7) is 1.99. The van der Waals surface area contributed by atoms with Gasteiger partial charge < -0.3 is 8.97 Å². The van der Waals surface area contributed by atoms with E-state index in [4.69, 9.17) is 0 Å². The molecule has 0 bridgehead atoms. The molecule has 1 saturated carbocycles. The van der Waals surface area contributed by atoms with Gasteiger partial charge in [0.15, 0.2) is 0 Å². The number of ketones is 1. The van der Waals surface area contributed by atoms with Crippen molar-refractivity contribution in [1.29, 1.82) is 0 Å². The zero-order valence-corrected chi connectivity index (χ0v) is 11.8. The Hall–Kier alpha value is -0.410. The van der Waals surface area contributed by atoms with E-state index >= 15 is 0 Å². The third kappa shape index (κ3) is 4.22. The number of nitrogens with zero attached hydrogens (tertiary/aromatic N) is 2. The van der Waals surface area contributed by atoms with Gasteiger partial charge in [-0.3, -0.25) is 4.79 Å². The van der Waals surface area contributed by atoms with Crippen LogP contribution in [0, 0.1) is 11.8 Å². The van der Waals surface area contributed by atoms with Gasteiger partial charge >= 0.3 is 0 Å². The Labute approximate surface area is 100 Å². The Morgan fingerprint density at radius 2 is 1.19 bits per heavy atom. The molecule has 2 atom stereocenters. The van der Waals surface area contributed by atoms with E-state index in [9.17, 15) is 4.79 Å². The molecule has 1 aliphatic rings. The van der Waals surface area contributed by atoms with Crippen molar-refractivity contribution in [1.82, 2.24) is 0 Å². The molecule has 3 heteroatoms. The van der Waals surface area contributed by atoms with E-state index in [1.165, 1.54) is 0 Å². The minimum absolute atomic E-state index is 0.302. The number of rotatable bonds is 4. The van der Waals surface area contributed by atoms with E-state index < -0.39 is 0 Å². The SMILES string of the molecule is C[N+](C)(C)C[C@@H]1CC[C@@H](C[N+](C)(C)C)C1=O. The Kier molecular flexibility index (Phi) is 3.80. The molecule has 1 rings (SSSR count). The van der Waals surface area contributed by atoms with Crippen LogP contribution in [-0.2, 0) is 4.79 Å². The second-order valence-corrected chi connectivity index (χ2v) is 7.32. The van der Waals surface area contributed by atoms with Crippen molar-refractivity contribution in [2.45, 2.75) is 12.8 Å². The number of carbonyl (C=O) groups is 1. The fourth-order valence-corrected chi connectivity index (χ4v) is 2.71. The van der Waals surface area contributed by atoms with Gasteiger partial charge in [-0.2, -0.15) is 0 Å². The molecule has 0 aromatic heterocycles. The largest absolute Gasteiger partial charge is 0.330 e. The molecule has 0 aromatic rings. The van der Waals surface area contributed by atoms with Crippen molar-refractivity contribution >= 4 is 5.78 Å². The molecule has 0 amide bonds. The van der Waals surface area contributed by atoms with Crippen molar-refractivity contribution in [2.75, 3.05) is 55.4 Å². The van der Waals surface area contributed by atoms with Gasteiger partial charge in [-0.05, 0) is 12.8 Å². The van der Waals surface area contributed by atoms with Crippen LogP contribution in [0.15, 0.2) is 0 Å². The first-order valence-electron chi connectivity index (χ1n) is 6.23. The Bertz CT molecular complexity index is 234. The average molecular weight is 228 g/mol. The van der Waals surface area contributed by atoms with Crippen molar-refractivity contribution in [2.24, 2.45) is 11.8 Å². The molecule has 1 fully saturated rings. The molecule has 0 aromatic carbocycles. The normalized spacial score (nSPS) is 27.5. The van der Waals surface area contributed by atoms with Gasteiger partial charge in [-0.25, -0.2) is 0 Å². The van der Waals surface area contributed by atoms with Crippen molar-refractivity contribution in [3.8, 4) is 0 Å². The number of hydrogen-bond donors (Lipinski definition) is 0. The maximum absolute atomic E-state index is 12.2. The smallest absolute Gasteiger partial charge is 0.150 e. The van der Waals surface area contributed by atoms with Crippen LogP contribution >= 0.6 is 0 Å². The lowest BCUT2D eigenvalue weighted by Gasteiger charge is -2.28. The molecule has 94 valence electrons. The van der Waals surface area contributed by atoms with E-state index in [1.807, 2.05) is 0 Å². The van der Waals surface area contributed by atoms with Crippen LogP contribution in [0.5, 0.6) is 0 Å². The maximum atomic E-state index is 12.2. The zero-order chi connectivity index (χ0) is 12.6. The third-order valence-electron chi connectivity index (χ3n) is 3.20. The quantitative estimate of drug-likeness (QED) is 0.656. The van der Waals surface area contributed by atoms with E-state index in [1.54, 1.807) is 0 Å². The summed E-state index contributed by atoms with van der Waals surface area (Å²) in [7, 11) is 13.0. The van der Waals surface area contributed by atoms with E-state index in [0.717, 1.165) is 34.9 Å². The zero-order valence-electron chi connectivity index (χ0n) is 11.8. The van der Waals surface area contributed by atoms with Crippen molar-refractivity contribution in [3.05, 3.63) is 0 Å². The lowest BCUT2D eigenvalue weighted by Crippen LogP contribution is -2.43. The Balaban J connectivity index is 2.55. The molecule has 16 heavy (non-hydrogen) atoms. The first-order chi connectivity index (χ1) is 7.08. The van der Waals surface area contributed by atoms with Crippen LogP contribution in [0.1, 0.15) is 12.8 Å². The second kappa shape index (κ2) is 4.46. The molecule has 0 saturated heterocycles. The predicted octanol–water partition coefficient (Wildman–Crippen LogP) is 0.994. The summed E-state index contributed by atoms with van der Waals surface area (Å²) in [6, 6.07) is 0. The van der Waals surface area contributed by atoms with Crippen LogP contribution in [0.4, 0.5) is 0 Å². The highest BCUT2D eigenvalue weighted by atomic mass is 16.1. The summed E-state index contributed by atoms with van der Waals surface area (Å²) < 4.78 is 1.79. The number of hydrogen-bond acceptors (Lipinski definition) is 1. The fourth-order valence-electron chi connectivity index (χ4n) is 2.71. The van der Waals surface area contributed by atoms with Crippen molar-refractivity contribution < 1.29 is 13.8 Å². The van der Waals surface area contributed by atoms with E-state index in [2.05, 4.69) is 42.3 Å². The Morgan fingerprint density at radius 1 is 0.875 bits per heavy atom. The van der Waals surface area contributed by atoms with E-state index in [-0.39, 0.29) is 0 Å². The van der Waals surface area contributed by atoms with E-state index in [0.29, 0.717) is 17.6 Å². The summed E-state index contributed by atoms with van der Waals surface area (Å²) in [6.07, 6.45) is 2.19. The van der Waals surface area contributed by atoms with Crippen LogP contribution in [0.2, 0.25) is 0 Å². The van der Waals surface area contributed by atoms with Gasteiger partial charge in [-0.1, -0.05) is 0 Å². The van der Waals surface area contributed by atoms with Gasteiger partial charge in [0, 0.05) is 0 Å². The summed E-state index contributed by atoms with van der Waals surface area (Å²) in [4.78, 5) is 12.2. The minimum atomic E-state index is 0.302. The van der Waals surface area contributed by atoms with Crippen molar-refractivity contribution in [3.63, 3.8) is 0 Å².